The Kier molecular flexibility index (Phi) is 5.18. The van der Waals surface area contributed by atoms with Crippen LogP contribution in [0.3, 0.4) is 0 Å². The van der Waals surface area contributed by atoms with Gasteiger partial charge >= 0.3 is 5.97 Å². The summed E-state index contributed by atoms with van der Waals surface area (Å²) >= 11 is 0. The minimum absolute atomic E-state index is 0.210. The summed E-state index contributed by atoms with van der Waals surface area (Å²) in [6, 6.07) is 12.6. The molecule has 0 saturated heterocycles. The summed E-state index contributed by atoms with van der Waals surface area (Å²) < 4.78 is 17.4. The highest BCUT2D eigenvalue weighted by Gasteiger charge is 2.34. The van der Waals surface area contributed by atoms with Crippen molar-refractivity contribution in [2.75, 3.05) is 13.7 Å². The Labute approximate surface area is 153 Å². The van der Waals surface area contributed by atoms with Gasteiger partial charge in [-0.1, -0.05) is 12.1 Å². The number of methoxy groups -OCH3 is 1. The van der Waals surface area contributed by atoms with Gasteiger partial charge in [0.25, 0.3) is 0 Å². The number of rotatable bonds is 6. The van der Waals surface area contributed by atoms with E-state index < -0.39 is 5.97 Å². The average molecular weight is 356 g/mol. The number of hydrogen-bond acceptors (Lipinski definition) is 4. The highest BCUT2D eigenvalue weighted by atomic mass is 16.5. The zero-order chi connectivity index (χ0) is 18.7. The van der Waals surface area contributed by atoms with Crippen molar-refractivity contribution in [2.24, 2.45) is 0 Å². The molecular formula is C21H24O5. The fraction of sp³-hybridized carbons (Fsp3) is 0.381. The van der Waals surface area contributed by atoms with Crippen LogP contribution in [-0.4, -0.2) is 30.4 Å². The lowest BCUT2D eigenvalue weighted by atomic mass is 9.85. The Morgan fingerprint density at radius 1 is 1.23 bits per heavy atom. The molecule has 5 nitrogen and oxygen atoms in total. The molecule has 0 saturated carbocycles. The van der Waals surface area contributed by atoms with Gasteiger partial charge in [0.15, 0.2) is 0 Å². The molecule has 0 aliphatic carbocycles. The number of carbonyl (C=O) groups is 1. The molecule has 0 fully saturated rings. The van der Waals surface area contributed by atoms with Gasteiger partial charge in [-0.3, -0.25) is 0 Å². The normalized spacial score (nSPS) is 17.9. The molecule has 2 aromatic carbocycles. The quantitative estimate of drug-likeness (QED) is 0.838. The number of hydrogen-bond donors (Lipinski definition) is 1. The number of benzene rings is 2. The molecule has 138 valence electrons. The third kappa shape index (κ3) is 4.17. The summed E-state index contributed by atoms with van der Waals surface area (Å²) in [4.78, 5) is 10.9. The third-order valence-corrected chi connectivity index (χ3v) is 4.57. The minimum atomic E-state index is -0.924. The van der Waals surface area contributed by atoms with E-state index in [0.717, 1.165) is 29.0 Å². The van der Waals surface area contributed by atoms with Gasteiger partial charge in [0.2, 0.25) is 0 Å². The van der Waals surface area contributed by atoms with Crippen LogP contribution in [0.1, 0.15) is 47.7 Å². The van der Waals surface area contributed by atoms with Crippen LogP contribution in [0.25, 0.3) is 0 Å². The maximum absolute atomic E-state index is 10.9. The Morgan fingerprint density at radius 3 is 2.62 bits per heavy atom. The van der Waals surface area contributed by atoms with Gasteiger partial charge < -0.3 is 19.3 Å². The number of carboxylic acid groups (broad SMARTS) is 1. The summed E-state index contributed by atoms with van der Waals surface area (Å²) in [6.07, 6.45) is 0.852. The molecule has 2 aromatic rings. The summed E-state index contributed by atoms with van der Waals surface area (Å²) in [7, 11) is 1.65. The lowest BCUT2D eigenvalue weighted by Gasteiger charge is -2.37. The molecular weight excluding hydrogens is 332 g/mol. The van der Waals surface area contributed by atoms with Crippen LogP contribution in [0.15, 0.2) is 42.5 Å². The first-order valence-electron chi connectivity index (χ1n) is 8.65. The van der Waals surface area contributed by atoms with Crippen LogP contribution in [0, 0.1) is 0 Å². The Bertz CT molecular complexity index is 779. The van der Waals surface area contributed by atoms with Crippen molar-refractivity contribution in [1.82, 2.24) is 0 Å². The molecule has 0 bridgehead atoms. The van der Waals surface area contributed by atoms with Crippen molar-refractivity contribution < 1.29 is 24.1 Å². The van der Waals surface area contributed by atoms with Gasteiger partial charge in [0, 0.05) is 11.5 Å². The average Bonchev–Trinajstić information content (AvgIpc) is 2.61. The largest absolute Gasteiger partial charge is 0.497 e. The van der Waals surface area contributed by atoms with Crippen molar-refractivity contribution in [1.29, 1.82) is 0 Å². The second-order valence-electron chi connectivity index (χ2n) is 7.18. The predicted octanol–water partition coefficient (Wildman–Crippen LogP) is 4.25. The Balaban J connectivity index is 1.68. The van der Waals surface area contributed by atoms with E-state index in [-0.39, 0.29) is 17.1 Å². The summed E-state index contributed by atoms with van der Waals surface area (Å²) in [5.74, 6) is 0.970. The van der Waals surface area contributed by atoms with Crippen molar-refractivity contribution in [3.05, 3.63) is 59.2 Å². The maximum atomic E-state index is 10.9. The van der Waals surface area contributed by atoms with Crippen molar-refractivity contribution in [3.8, 4) is 11.5 Å². The first-order chi connectivity index (χ1) is 12.4. The molecule has 0 spiro atoms. The topological polar surface area (TPSA) is 65.0 Å². The summed E-state index contributed by atoms with van der Waals surface area (Å²) in [5.41, 5.74) is 2.08. The highest BCUT2D eigenvalue weighted by Crippen LogP contribution is 2.42. The smallest absolute Gasteiger partial charge is 0.335 e. The molecule has 26 heavy (non-hydrogen) atoms. The van der Waals surface area contributed by atoms with Crippen LogP contribution in [-0.2, 0) is 11.3 Å². The first-order valence-corrected chi connectivity index (χ1v) is 8.65. The molecule has 3 rings (SSSR count). The van der Waals surface area contributed by atoms with Crippen LogP contribution in [0.4, 0.5) is 0 Å². The SMILES string of the molecule is COc1ccc2c(c1)C(COCc1ccc(C(=O)O)cc1)CC(C)(C)O2. The highest BCUT2D eigenvalue weighted by molar-refractivity contribution is 5.87. The van der Waals surface area contributed by atoms with E-state index in [1.165, 1.54) is 0 Å². The zero-order valence-corrected chi connectivity index (χ0v) is 15.3. The second-order valence-corrected chi connectivity index (χ2v) is 7.18. The number of fused-ring (bicyclic) bond motifs is 1. The van der Waals surface area contributed by atoms with Gasteiger partial charge in [-0.15, -0.1) is 0 Å². The van der Waals surface area contributed by atoms with E-state index in [1.807, 2.05) is 18.2 Å². The van der Waals surface area contributed by atoms with Crippen LogP contribution in [0.5, 0.6) is 11.5 Å². The molecule has 0 amide bonds. The Hall–Kier alpha value is -2.53. The molecule has 0 aromatic heterocycles. The third-order valence-electron chi connectivity index (χ3n) is 4.57. The van der Waals surface area contributed by atoms with Gasteiger partial charge in [0.05, 0.1) is 25.9 Å². The lowest BCUT2D eigenvalue weighted by Crippen LogP contribution is -2.36. The van der Waals surface area contributed by atoms with Gasteiger partial charge in [-0.2, -0.15) is 0 Å². The fourth-order valence-corrected chi connectivity index (χ4v) is 3.32. The molecule has 1 aliphatic heterocycles. The Morgan fingerprint density at radius 2 is 1.96 bits per heavy atom. The van der Waals surface area contributed by atoms with Crippen molar-refractivity contribution in [2.45, 2.75) is 38.4 Å². The van der Waals surface area contributed by atoms with E-state index in [2.05, 4.69) is 13.8 Å². The van der Waals surface area contributed by atoms with Crippen LogP contribution < -0.4 is 9.47 Å². The zero-order valence-electron chi connectivity index (χ0n) is 15.3. The predicted molar refractivity (Wildman–Crippen MR) is 98.1 cm³/mol. The van der Waals surface area contributed by atoms with Crippen molar-refractivity contribution in [3.63, 3.8) is 0 Å². The fourth-order valence-electron chi connectivity index (χ4n) is 3.32. The lowest BCUT2D eigenvalue weighted by molar-refractivity contribution is 0.0369. The van der Waals surface area contributed by atoms with E-state index in [9.17, 15) is 4.79 Å². The molecule has 1 aliphatic rings. The molecule has 1 heterocycles. The summed E-state index contributed by atoms with van der Waals surface area (Å²) in [5, 5.41) is 8.95. The molecule has 1 N–H and O–H groups in total. The molecule has 1 atom stereocenters. The molecule has 1 unspecified atom stereocenters. The van der Waals surface area contributed by atoms with E-state index in [1.54, 1.807) is 31.4 Å². The molecule has 5 heteroatoms. The van der Waals surface area contributed by atoms with Gasteiger partial charge in [-0.25, -0.2) is 4.79 Å². The van der Waals surface area contributed by atoms with Gasteiger partial charge in [-0.05, 0) is 56.2 Å². The maximum Gasteiger partial charge on any atom is 0.335 e. The standard InChI is InChI=1S/C21H24O5/c1-21(2)11-16(18-10-17(24-3)8-9-19(18)26-21)13-25-12-14-4-6-15(7-5-14)20(22)23/h4-10,16H,11-13H2,1-3H3,(H,22,23). The second kappa shape index (κ2) is 7.38. The summed E-state index contributed by atoms with van der Waals surface area (Å²) in [6.45, 7) is 5.17. The van der Waals surface area contributed by atoms with Crippen LogP contribution in [0.2, 0.25) is 0 Å². The van der Waals surface area contributed by atoms with Gasteiger partial charge in [0.1, 0.15) is 17.1 Å². The number of aromatic carboxylic acids is 1. The minimum Gasteiger partial charge on any atom is -0.497 e. The van der Waals surface area contributed by atoms with E-state index >= 15 is 0 Å². The monoisotopic (exact) mass is 356 g/mol. The van der Waals surface area contributed by atoms with E-state index in [0.29, 0.717) is 13.2 Å². The first kappa shape index (κ1) is 18.3. The number of ether oxygens (including phenoxy) is 3. The van der Waals surface area contributed by atoms with E-state index in [4.69, 9.17) is 19.3 Å². The van der Waals surface area contributed by atoms with Crippen molar-refractivity contribution >= 4 is 5.97 Å². The van der Waals surface area contributed by atoms with Crippen LogP contribution >= 0.6 is 0 Å². The molecule has 0 radical (unpaired) electrons. The number of carboxylic acids is 1.